The van der Waals surface area contributed by atoms with Gasteiger partial charge in [0.2, 0.25) is 0 Å². The minimum atomic E-state index is -3.74. The van der Waals surface area contributed by atoms with E-state index in [4.69, 9.17) is 4.74 Å². The molecule has 168 valence electrons. The van der Waals surface area contributed by atoms with Crippen LogP contribution in [0.25, 0.3) is 0 Å². The highest BCUT2D eigenvalue weighted by Gasteiger charge is 2.17. The number of aryl methyl sites for hydroxylation is 2. The zero-order valence-electron chi connectivity index (χ0n) is 18.5. The number of sulfonamides is 1. The topological polar surface area (TPSA) is 75.7 Å². The molecule has 0 aromatic heterocycles. The van der Waals surface area contributed by atoms with E-state index in [-0.39, 0.29) is 10.8 Å². The molecular weight excluding hydrogens is 424 g/mol. The van der Waals surface area contributed by atoms with E-state index in [1.165, 1.54) is 24.3 Å². The van der Waals surface area contributed by atoms with Crippen LogP contribution in [0.15, 0.2) is 77.7 Å². The van der Waals surface area contributed by atoms with Gasteiger partial charge < -0.3 is 9.64 Å². The quantitative estimate of drug-likeness (QED) is 0.480. The van der Waals surface area contributed by atoms with Gasteiger partial charge in [-0.05, 0) is 67.8 Å². The number of para-hydroxylation sites is 2. The summed E-state index contributed by atoms with van der Waals surface area (Å²) in [6.45, 7) is 4.86. The van der Waals surface area contributed by atoms with E-state index in [0.29, 0.717) is 30.8 Å². The molecule has 0 aliphatic rings. The molecule has 1 N–H and O–H groups in total. The van der Waals surface area contributed by atoms with Gasteiger partial charge in [0.05, 0.1) is 17.2 Å². The Kier molecular flexibility index (Phi) is 7.53. The molecular formula is C25H28N2O4S. The van der Waals surface area contributed by atoms with Crippen LogP contribution in [0.5, 0.6) is 5.75 Å². The molecule has 0 aliphatic carbocycles. The van der Waals surface area contributed by atoms with Crippen molar-refractivity contribution in [3.8, 4) is 5.75 Å². The van der Waals surface area contributed by atoms with E-state index in [0.717, 1.165) is 16.9 Å². The fraction of sp³-hybridized carbons (Fsp3) is 0.240. The van der Waals surface area contributed by atoms with E-state index < -0.39 is 10.0 Å². The predicted octanol–water partition coefficient (Wildman–Crippen LogP) is 4.65. The van der Waals surface area contributed by atoms with Gasteiger partial charge in [0.15, 0.2) is 0 Å². The zero-order chi connectivity index (χ0) is 23.1. The summed E-state index contributed by atoms with van der Waals surface area (Å²) in [6.07, 6.45) is 0.684. The maximum Gasteiger partial charge on any atom is 0.261 e. The molecule has 0 unspecified atom stereocenters. The molecule has 7 heteroatoms. The van der Waals surface area contributed by atoms with Gasteiger partial charge in [-0.1, -0.05) is 36.4 Å². The van der Waals surface area contributed by atoms with Gasteiger partial charge >= 0.3 is 0 Å². The van der Waals surface area contributed by atoms with Crippen LogP contribution < -0.4 is 9.46 Å². The van der Waals surface area contributed by atoms with E-state index in [1.54, 1.807) is 24.1 Å². The van der Waals surface area contributed by atoms with Crippen LogP contribution in [0.1, 0.15) is 27.9 Å². The zero-order valence-corrected chi connectivity index (χ0v) is 19.4. The van der Waals surface area contributed by atoms with Crippen LogP contribution in [0.4, 0.5) is 5.69 Å². The van der Waals surface area contributed by atoms with Gasteiger partial charge in [0.25, 0.3) is 15.9 Å². The minimum absolute atomic E-state index is 0.103. The maximum absolute atomic E-state index is 12.7. The van der Waals surface area contributed by atoms with Crippen LogP contribution in [0.2, 0.25) is 0 Å². The van der Waals surface area contributed by atoms with Crippen LogP contribution in [0, 0.1) is 13.8 Å². The number of benzene rings is 3. The van der Waals surface area contributed by atoms with Crippen molar-refractivity contribution in [1.82, 2.24) is 4.90 Å². The van der Waals surface area contributed by atoms with Gasteiger partial charge in [-0.3, -0.25) is 9.52 Å². The van der Waals surface area contributed by atoms with E-state index in [2.05, 4.69) is 4.72 Å². The Labute approximate surface area is 189 Å². The second kappa shape index (κ2) is 10.3. The Morgan fingerprint density at radius 2 is 1.53 bits per heavy atom. The number of rotatable bonds is 9. The largest absolute Gasteiger partial charge is 0.493 e. The molecule has 6 nitrogen and oxygen atoms in total. The standard InChI is InChI=1S/C25H28N2O4S/c1-19-9-4-6-11-23(19)26-32(29,30)22-15-13-21(14-16-22)25(28)27(3)17-8-18-31-24-12-7-5-10-20(24)2/h4-7,9-16,26H,8,17-18H2,1-3H3. The molecule has 3 rings (SSSR count). The summed E-state index contributed by atoms with van der Waals surface area (Å²) in [5, 5.41) is 0. The monoisotopic (exact) mass is 452 g/mol. The Morgan fingerprint density at radius 1 is 0.906 bits per heavy atom. The van der Waals surface area contributed by atoms with E-state index >= 15 is 0 Å². The van der Waals surface area contributed by atoms with E-state index in [1.807, 2.05) is 50.2 Å². The van der Waals surface area contributed by atoms with Gasteiger partial charge in [-0.15, -0.1) is 0 Å². The summed E-state index contributed by atoms with van der Waals surface area (Å²) in [5.74, 6) is 0.675. The number of hydrogen-bond donors (Lipinski definition) is 1. The average molecular weight is 453 g/mol. The first kappa shape index (κ1) is 23.3. The maximum atomic E-state index is 12.7. The Balaban J connectivity index is 1.55. The third-order valence-corrected chi connectivity index (χ3v) is 6.52. The molecule has 0 saturated carbocycles. The Hall–Kier alpha value is -3.32. The van der Waals surface area contributed by atoms with Gasteiger partial charge in [0.1, 0.15) is 5.75 Å². The van der Waals surface area contributed by atoms with Crippen LogP contribution >= 0.6 is 0 Å². The van der Waals surface area contributed by atoms with Crippen LogP contribution in [0.3, 0.4) is 0 Å². The highest BCUT2D eigenvalue weighted by atomic mass is 32.2. The second-order valence-electron chi connectivity index (χ2n) is 7.64. The number of nitrogens with one attached hydrogen (secondary N) is 1. The fourth-order valence-electron chi connectivity index (χ4n) is 3.19. The Bertz CT molecular complexity index is 1170. The first-order valence-corrected chi connectivity index (χ1v) is 11.9. The van der Waals surface area contributed by atoms with Gasteiger partial charge in [0, 0.05) is 19.2 Å². The molecule has 32 heavy (non-hydrogen) atoms. The molecule has 1 amide bonds. The van der Waals surface area contributed by atoms with Gasteiger partial charge in [-0.25, -0.2) is 8.42 Å². The molecule has 0 fully saturated rings. The first-order valence-electron chi connectivity index (χ1n) is 10.4. The average Bonchev–Trinajstić information content (AvgIpc) is 2.78. The van der Waals surface area contributed by atoms with Gasteiger partial charge in [-0.2, -0.15) is 0 Å². The van der Waals surface area contributed by atoms with Crippen molar-refractivity contribution in [1.29, 1.82) is 0 Å². The van der Waals surface area contributed by atoms with Crippen molar-refractivity contribution < 1.29 is 17.9 Å². The predicted molar refractivity (Wildman–Crippen MR) is 127 cm³/mol. The molecule has 3 aromatic rings. The number of carbonyl (C=O) groups excluding carboxylic acids is 1. The summed E-state index contributed by atoms with van der Waals surface area (Å²) in [6, 6.07) is 20.9. The lowest BCUT2D eigenvalue weighted by molar-refractivity contribution is 0.0787. The molecule has 0 radical (unpaired) electrons. The number of nitrogens with zero attached hydrogens (tertiary/aromatic N) is 1. The molecule has 0 atom stereocenters. The lowest BCUT2D eigenvalue weighted by Gasteiger charge is -2.18. The van der Waals surface area contributed by atoms with Crippen LogP contribution in [-0.4, -0.2) is 39.4 Å². The molecule has 3 aromatic carbocycles. The first-order chi connectivity index (χ1) is 15.3. The third-order valence-electron chi connectivity index (χ3n) is 5.14. The number of anilines is 1. The minimum Gasteiger partial charge on any atom is -0.493 e. The number of ether oxygens (including phenoxy) is 1. The number of carbonyl (C=O) groups is 1. The molecule has 0 bridgehead atoms. The van der Waals surface area contributed by atoms with Crippen LogP contribution in [-0.2, 0) is 10.0 Å². The van der Waals surface area contributed by atoms with E-state index in [9.17, 15) is 13.2 Å². The SMILES string of the molecule is Cc1ccccc1NS(=O)(=O)c1ccc(C(=O)N(C)CCCOc2ccccc2C)cc1. The molecule has 0 spiro atoms. The lowest BCUT2D eigenvalue weighted by atomic mass is 10.2. The highest BCUT2D eigenvalue weighted by Crippen LogP contribution is 2.20. The number of amides is 1. The Morgan fingerprint density at radius 3 is 2.19 bits per heavy atom. The molecule has 0 saturated heterocycles. The third kappa shape index (κ3) is 5.88. The smallest absolute Gasteiger partial charge is 0.261 e. The molecule has 0 aliphatic heterocycles. The summed E-state index contributed by atoms with van der Waals surface area (Å²) in [5.41, 5.74) is 2.86. The fourth-order valence-corrected chi connectivity index (χ4v) is 4.32. The normalized spacial score (nSPS) is 11.1. The van der Waals surface area contributed by atoms with Crippen molar-refractivity contribution in [2.45, 2.75) is 25.2 Å². The second-order valence-corrected chi connectivity index (χ2v) is 9.32. The summed E-state index contributed by atoms with van der Waals surface area (Å²) >= 11 is 0. The van der Waals surface area contributed by atoms with Crippen molar-refractivity contribution >= 4 is 21.6 Å². The van der Waals surface area contributed by atoms with Crippen molar-refractivity contribution in [2.75, 3.05) is 24.9 Å². The summed E-state index contributed by atoms with van der Waals surface area (Å²) < 4.78 is 33.7. The summed E-state index contributed by atoms with van der Waals surface area (Å²) in [7, 11) is -2.01. The number of hydrogen-bond acceptors (Lipinski definition) is 4. The molecule has 0 heterocycles. The summed E-state index contributed by atoms with van der Waals surface area (Å²) in [4.78, 5) is 14.4. The lowest BCUT2D eigenvalue weighted by Crippen LogP contribution is -2.28. The van der Waals surface area contributed by atoms with Crippen molar-refractivity contribution in [3.05, 3.63) is 89.5 Å². The van der Waals surface area contributed by atoms with Crippen molar-refractivity contribution in [3.63, 3.8) is 0 Å². The van der Waals surface area contributed by atoms with Crippen molar-refractivity contribution in [2.24, 2.45) is 0 Å². The highest BCUT2D eigenvalue weighted by molar-refractivity contribution is 7.92.